The zero-order chi connectivity index (χ0) is 16.7. The highest BCUT2D eigenvalue weighted by Gasteiger charge is 2.07. The third-order valence-corrected chi connectivity index (χ3v) is 3.50. The van der Waals surface area contributed by atoms with Crippen LogP contribution >= 0.6 is 23.2 Å². The van der Waals surface area contributed by atoms with Gasteiger partial charge in [0.05, 0.1) is 6.42 Å². The molecule has 0 unspecified atom stereocenters. The second-order valence-electron chi connectivity index (χ2n) is 4.80. The van der Waals surface area contributed by atoms with Crippen LogP contribution in [0.15, 0.2) is 48.5 Å². The molecule has 23 heavy (non-hydrogen) atoms. The molecule has 120 valence electrons. The molecule has 0 aliphatic heterocycles. The Morgan fingerprint density at radius 1 is 1.00 bits per heavy atom. The molecule has 0 spiro atoms. The van der Waals surface area contributed by atoms with Crippen molar-refractivity contribution in [3.63, 3.8) is 0 Å². The van der Waals surface area contributed by atoms with E-state index in [1.54, 1.807) is 42.5 Å². The summed E-state index contributed by atoms with van der Waals surface area (Å²) in [5.41, 5.74) is 1.30. The van der Waals surface area contributed by atoms with E-state index in [-0.39, 0.29) is 31.4 Å². The zero-order valence-electron chi connectivity index (χ0n) is 12.2. The number of hydrogen-bond donors (Lipinski definition) is 1. The Labute approximate surface area is 144 Å². The van der Waals surface area contributed by atoms with Crippen LogP contribution in [0, 0.1) is 0 Å². The number of esters is 1. The fraction of sp³-hybridized carbons (Fsp3) is 0.176. The van der Waals surface area contributed by atoms with E-state index in [1.165, 1.54) is 0 Å². The lowest BCUT2D eigenvalue weighted by Crippen LogP contribution is -2.26. The number of hydrogen-bond acceptors (Lipinski definition) is 3. The predicted octanol–water partition coefficient (Wildman–Crippen LogP) is 3.86. The lowest BCUT2D eigenvalue weighted by molar-refractivity contribution is -0.144. The molecule has 0 aromatic heterocycles. The van der Waals surface area contributed by atoms with Gasteiger partial charge in [-0.2, -0.15) is 0 Å². The molecule has 6 heteroatoms. The Balaban J connectivity index is 1.70. The van der Waals surface area contributed by atoms with Gasteiger partial charge in [-0.25, -0.2) is 0 Å². The summed E-state index contributed by atoms with van der Waals surface area (Å²) in [6.45, 7) is 0.361. The number of halogens is 2. The van der Waals surface area contributed by atoms with Crippen molar-refractivity contribution < 1.29 is 14.3 Å². The van der Waals surface area contributed by atoms with E-state index in [9.17, 15) is 9.59 Å². The normalized spacial score (nSPS) is 10.2. The average molecular weight is 352 g/mol. The molecule has 0 aliphatic carbocycles. The first-order chi connectivity index (χ1) is 11.0. The lowest BCUT2D eigenvalue weighted by atomic mass is 10.2. The molecular weight excluding hydrogens is 337 g/mol. The van der Waals surface area contributed by atoms with E-state index in [4.69, 9.17) is 27.9 Å². The predicted molar refractivity (Wildman–Crippen MR) is 89.7 cm³/mol. The van der Waals surface area contributed by atoms with Crippen LogP contribution in [0.5, 0.6) is 0 Å². The molecule has 0 radical (unpaired) electrons. The van der Waals surface area contributed by atoms with Gasteiger partial charge in [0.25, 0.3) is 5.91 Å². The molecule has 0 aliphatic rings. The van der Waals surface area contributed by atoms with E-state index in [0.717, 1.165) is 5.56 Å². The molecule has 2 aromatic rings. The highest BCUT2D eigenvalue weighted by Crippen LogP contribution is 2.12. The summed E-state index contributed by atoms with van der Waals surface area (Å²) in [5.74, 6) is -0.648. The molecule has 1 N–H and O–H groups in total. The van der Waals surface area contributed by atoms with Crippen LogP contribution in [0.4, 0.5) is 0 Å². The van der Waals surface area contributed by atoms with Gasteiger partial charge in [0.2, 0.25) is 0 Å². The number of ether oxygens (including phenoxy) is 1. The van der Waals surface area contributed by atoms with E-state index in [1.807, 2.05) is 6.07 Å². The second-order valence-corrected chi connectivity index (χ2v) is 5.68. The molecule has 0 bridgehead atoms. The molecule has 2 aromatic carbocycles. The Kier molecular flexibility index (Phi) is 6.44. The van der Waals surface area contributed by atoms with Gasteiger partial charge in [0, 0.05) is 22.2 Å². The highest BCUT2D eigenvalue weighted by molar-refractivity contribution is 6.30. The monoisotopic (exact) mass is 351 g/mol. The Morgan fingerprint density at radius 3 is 2.43 bits per heavy atom. The van der Waals surface area contributed by atoms with Gasteiger partial charge in [0.15, 0.2) is 0 Å². The summed E-state index contributed by atoms with van der Waals surface area (Å²) in [4.78, 5) is 23.5. The summed E-state index contributed by atoms with van der Waals surface area (Å²) in [5, 5.41) is 3.81. The maximum Gasteiger partial charge on any atom is 0.307 e. The van der Waals surface area contributed by atoms with Crippen LogP contribution in [0.3, 0.4) is 0 Å². The average Bonchev–Trinajstić information content (AvgIpc) is 2.53. The fourth-order valence-electron chi connectivity index (χ4n) is 1.84. The smallest absolute Gasteiger partial charge is 0.307 e. The number of carbonyl (C=O) groups excluding carboxylic acids is 2. The fourth-order valence-corrected chi connectivity index (χ4v) is 2.18. The van der Waals surface area contributed by atoms with Crippen LogP contribution in [0.2, 0.25) is 10.0 Å². The summed E-state index contributed by atoms with van der Waals surface area (Å²) in [6.07, 6.45) is 0.0971. The van der Waals surface area contributed by atoms with Crippen LogP contribution in [-0.4, -0.2) is 18.4 Å². The second kappa shape index (κ2) is 8.56. The Morgan fingerprint density at radius 2 is 1.74 bits per heavy atom. The van der Waals surface area contributed by atoms with Gasteiger partial charge in [-0.1, -0.05) is 35.3 Å². The van der Waals surface area contributed by atoms with Gasteiger partial charge in [-0.3, -0.25) is 9.59 Å². The van der Waals surface area contributed by atoms with Gasteiger partial charge < -0.3 is 10.1 Å². The van der Waals surface area contributed by atoms with Crippen molar-refractivity contribution in [3.05, 3.63) is 69.7 Å². The third kappa shape index (κ3) is 5.93. The summed E-state index contributed by atoms with van der Waals surface area (Å²) in [7, 11) is 0. The first-order valence-electron chi connectivity index (χ1n) is 6.98. The standard InChI is InChI=1S/C17H15Cl2NO3/c18-14-6-4-13(5-7-14)17(22)20-9-8-16(21)23-11-12-2-1-3-15(19)10-12/h1-7,10H,8-9,11H2,(H,20,22). The van der Waals surface area contributed by atoms with Gasteiger partial charge in [-0.05, 0) is 42.0 Å². The van der Waals surface area contributed by atoms with Crippen LogP contribution in [-0.2, 0) is 16.1 Å². The summed E-state index contributed by atoms with van der Waals surface area (Å²) in [6, 6.07) is 13.6. The van der Waals surface area contributed by atoms with Crippen LogP contribution < -0.4 is 5.32 Å². The lowest BCUT2D eigenvalue weighted by Gasteiger charge is -2.07. The van der Waals surface area contributed by atoms with Crippen molar-refractivity contribution in [1.82, 2.24) is 5.32 Å². The third-order valence-electron chi connectivity index (χ3n) is 3.01. The largest absolute Gasteiger partial charge is 0.461 e. The van der Waals surface area contributed by atoms with Gasteiger partial charge in [0.1, 0.15) is 6.61 Å². The molecule has 4 nitrogen and oxygen atoms in total. The SMILES string of the molecule is O=C(CCNC(=O)c1ccc(Cl)cc1)OCc1cccc(Cl)c1. The molecule has 2 rings (SSSR count). The molecule has 0 fully saturated rings. The van der Waals surface area contributed by atoms with Crippen molar-refractivity contribution in [2.45, 2.75) is 13.0 Å². The summed E-state index contributed by atoms with van der Waals surface area (Å²) >= 11 is 11.6. The van der Waals surface area contributed by atoms with Crippen LogP contribution in [0.25, 0.3) is 0 Å². The maximum absolute atomic E-state index is 11.8. The number of benzene rings is 2. The number of amides is 1. The number of rotatable bonds is 6. The minimum atomic E-state index is -0.388. The molecule has 0 saturated carbocycles. The highest BCUT2D eigenvalue weighted by atomic mass is 35.5. The van der Waals surface area contributed by atoms with E-state index in [2.05, 4.69) is 5.32 Å². The summed E-state index contributed by atoms with van der Waals surface area (Å²) < 4.78 is 5.12. The first-order valence-corrected chi connectivity index (χ1v) is 7.74. The van der Waals surface area contributed by atoms with Crippen molar-refractivity contribution >= 4 is 35.1 Å². The zero-order valence-corrected chi connectivity index (χ0v) is 13.7. The van der Waals surface area contributed by atoms with E-state index >= 15 is 0 Å². The minimum Gasteiger partial charge on any atom is -0.461 e. The Bertz CT molecular complexity index is 686. The molecule has 1 amide bonds. The van der Waals surface area contributed by atoms with E-state index < -0.39 is 0 Å². The van der Waals surface area contributed by atoms with Crippen molar-refractivity contribution in [2.75, 3.05) is 6.54 Å². The molecular formula is C17H15Cl2NO3. The maximum atomic E-state index is 11.8. The number of carbonyl (C=O) groups is 2. The van der Waals surface area contributed by atoms with Gasteiger partial charge in [-0.15, -0.1) is 0 Å². The van der Waals surface area contributed by atoms with E-state index in [0.29, 0.717) is 15.6 Å². The van der Waals surface area contributed by atoms with Crippen molar-refractivity contribution in [3.8, 4) is 0 Å². The molecule has 0 atom stereocenters. The number of nitrogens with one attached hydrogen (secondary N) is 1. The molecule has 0 heterocycles. The van der Waals surface area contributed by atoms with Crippen molar-refractivity contribution in [1.29, 1.82) is 0 Å². The van der Waals surface area contributed by atoms with Gasteiger partial charge >= 0.3 is 5.97 Å². The first kappa shape index (κ1) is 17.3. The van der Waals surface area contributed by atoms with Crippen molar-refractivity contribution in [2.24, 2.45) is 0 Å². The molecule has 0 saturated heterocycles. The Hall–Kier alpha value is -2.04. The van der Waals surface area contributed by atoms with Crippen LogP contribution in [0.1, 0.15) is 22.3 Å². The minimum absolute atomic E-state index is 0.0971. The topological polar surface area (TPSA) is 55.4 Å². The quantitative estimate of drug-likeness (QED) is 0.804.